The standard InChI is InChI=1S/C34H10F6N6O/c35-33(36,37)21-5-1-17(2-6-21)29-27(15-45)23-9-26-24(10-25(23)31(29)19(11-41)12-42)28(16-46)30(32(26)20(13-43)14-44)18-3-7-22(8-4-18)47-34(38,39)40/h1-10H. The molecule has 3 aromatic rings. The van der Waals surface area contributed by atoms with Gasteiger partial charge in [0.25, 0.3) is 0 Å². The molecule has 0 bridgehead atoms. The van der Waals surface area contributed by atoms with Crippen LogP contribution in [0.1, 0.15) is 38.9 Å². The molecular weight excluding hydrogens is 622 g/mol. The smallest absolute Gasteiger partial charge is 0.406 e. The van der Waals surface area contributed by atoms with Crippen molar-refractivity contribution in [3.8, 4) is 42.2 Å². The largest absolute Gasteiger partial charge is 0.573 e. The Morgan fingerprint density at radius 2 is 0.915 bits per heavy atom. The van der Waals surface area contributed by atoms with Crippen LogP contribution in [0, 0.1) is 68.0 Å². The van der Waals surface area contributed by atoms with Crippen molar-refractivity contribution in [3.63, 3.8) is 0 Å². The van der Waals surface area contributed by atoms with Crippen molar-refractivity contribution in [2.24, 2.45) is 0 Å². The number of hydrogen-bond acceptors (Lipinski definition) is 7. The Bertz CT molecular complexity index is 2250. The molecule has 0 amide bonds. The summed E-state index contributed by atoms with van der Waals surface area (Å²) in [7, 11) is 0. The molecule has 0 N–H and O–H groups in total. The lowest BCUT2D eigenvalue weighted by Gasteiger charge is -2.12. The Hall–Kier alpha value is -7.06. The number of benzene rings is 3. The van der Waals surface area contributed by atoms with Gasteiger partial charge in [0, 0.05) is 33.4 Å². The summed E-state index contributed by atoms with van der Waals surface area (Å²) in [6.07, 6.45) is -9.65. The van der Waals surface area contributed by atoms with E-state index in [0.29, 0.717) is 0 Å². The first-order chi connectivity index (χ1) is 22.3. The molecule has 0 saturated heterocycles. The summed E-state index contributed by atoms with van der Waals surface area (Å²) in [4.78, 5) is 0. The Morgan fingerprint density at radius 1 is 0.532 bits per heavy atom. The van der Waals surface area contributed by atoms with E-state index in [0.717, 1.165) is 36.4 Å². The molecule has 47 heavy (non-hydrogen) atoms. The predicted molar refractivity (Wildman–Crippen MR) is 152 cm³/mol. The van der Waals surface area contributed by atoms with Gasteiger partial charge >= 0.3 is 12.5 Å². The molecule has 0 heterocycles. The van der Waals surface area contributed by atoms with Crippen molar-refractivity contribution in [3.05, 3.63) is 111 Å². The minimum absolute atomic E-state index is 0.0135. The van der Waals surface area contributed by atoms with Crippen LogP contribution in [0.2, 0.25) is 0 Å². The maximum atomic E-state index is 13.3. The summed E-state index contributed by atoms with van der Waals surface area (Å²) >= 11 is 0. The van der Waals surface area contributed by atoms with Crippen LogP contribution in [0.3, 0.4) is 0 Å². The van der Waals surface area contributed by atoms with Crippen LogP contribution in [-0.2, 0) is 6.18 Å². The highest BCUT2D eigenvalue weighted by atomic mass is 19.4. The van der Waals surface area contributed by atoms with Crippen LogP contribution in [0.4, 0.5) is 26.3 Å². The Morgan fingerprint density at radius 3 is 1.23 bits per heavy atom. The van der Waals surface area contributed by atoms with Crippen molar-refractivity contribution in [1.82, 2.24) is 0 Å². The van der Waals surface area contributed by atoms with E-state index in [1.54, 1.807) is 24.3 Å². The molecule has 0 aromatic heterocycles. The molecule has 5 rings (SSSR count). The molecule has 0 spiro atoms. The van der Waals surface area contributed by atoms with Crippen molar-refractivity contribution >= 4 is 33.4 Å². The van der Waals surface area contributed by atoms with E-state index in [1.165, 1.54) is 24.3 Å². The van der Waals surface area contributed by atoms with E-state index in [4.69, 9.17) is 0 Å². The highest BCUT2D eigenvalue weighted by Gasteiger charge is 2.38. The summed E-state index contributed by atoms with van der Waals surface area (Å²) in [5.41, 5.74) is -1.75. The molecule has 0 saturated carbocycles. The van der Waals surface area contributed by atoms with E-state index in [1.807, 2.05) is 12.1 Å². The van der Waals surface area contributed by atoms with Crippen LogP contribution in [0.15, 0.2) is 71.8 Å². The molecule has 0 aliphatic heterocycles. The minimum Gasteiger partial charge on any atom is -0.406 e. The Kier molecular flexibility index (Phi) is 7.65. The zero-order chi connectivity index (χ0) is 34.3. The van der Waals surface area contributed by atoms with Gasteiger partial charge in [0.05, 0.1) is 16.7 Å². The molecule has 0 atom stereocenters. The van der Waals surface area contributed by atoms with Gasteiger partial charge in [-0.2, -0.15) is 44.7 Å². The van der Waals surface area contributed by atoms with Gasteiger partial charge < -0.3 is 4.74 Å². The summed E-state index contributed by atoms with van der Waals surface area (Å²) in [6.45, 7) is 0. The van der Waals surface area contributed by atoms with E-state index in [-0.39, 0.29) is 66.8 Å². The number of nitrogens with zero attached hydrogens (tertiary/aromatic N) is 6. The lowest BCUT2D eigenvalue weighted by Crippen LogP contribution is -2.17. The molecule has 7 nitrogen and oxygen atoms in total. The van der Waals surface area contributed by atoms with Crippen LogP contribution in [-0.4, -0.2) is 6.36 Å². The number of fused-ring (bicyclic) bond motifs is 2. The second kappa shape index (κ2) is 11.5. The van der Waals surface area contributed by atoms with Gasteiger partial charge in [-0.1, -0.05) is 24.3 Å². The molecule has 0 fully saturated rings. The number of rotatable bonds is 3. The van der Waals surface area contributed by atoms with Gasteiger partial charge in [-0.15, -0.1) is 13.2 Å². The Labute approximate surface area is 261 Å². The topological polar surface area (TPSA) is 152 Å². The number of alkyl halides is 6. The van der Waals surface area contributed by atoms with Crippen LogP contribution < -0.4 is 4.74 Å². The third-order valence-corrected chi connectivity index (χ3v) is 7.28. The van der Waals surface area contributed by atoms with E-state index < -0.39 is 35.0 Å². The third kappa shape index (κ3) is 5.32. The maximum absolute atomic E-state index is 13.3. The normalized spacial score (nSPS) is 13.4. The number of nitriles is 6. The molecule has 224 valence electrons. The van der Waals surface area contributed by atoms with Crippen LogP contribution in [0.25, 0.3) is 33.4 Å². The van der Waals surface area contributed by atoms with Gasteiger partial charge in [-0.3, -0.25) is 0 Å². The van der Waals surface area contributed by atoms with Gasteiger partial charge in [-0.05, 0) is 58.7 Å². The average molecular weight is 632 g/mol. The van der Waals surface area contributed by atoms with Gasteiger partial charge in [-0.25, -0.2) is 0 Å². The second-order valence-corrected chi connectivity index (χ2v) is 9.76. The fraction of sp³-hybridized carbons (Fsp3) is 0.0588. The lowest BCUT2D eigenvalue weighted by atomic mass is 9.90. The second-order valence-electron chi connectivity index (χ2n) is 9.76. The van der Waals surface area contributed by atoms with Gasteiger partial charge in [0.1, 0.15) is 53.3 Å². The predicted octanol–water partition coefficient (Wildman–Crippen LogP) is 8.10. The molecule has 0 unspecified atom stereocenters. The third-order valence-electron chi connectivity index (χ3n) is 7.28. The maximum Gasteiger partial charge on any atom is 0.573 e. The summed E-state index contributed by atoms with van der Waals surface area (Å²) in [5.74, 6) is -0.573. The van der Waals surface area contributed by atoms with Crippen molar-refractivity contribution in [1.29, 1.82) is 31.6 Å². The molecule has 2 aliphatic carbocycles. The van der Waals surface area contributed by atoms with Crippen molar-refractivity contribution < 1.29 is 31.1 Å². The van der Waals surface area contributed by atoms with Gasteiger partial charge in [0.2, 0.25) is 0 Å². The van der Waals surface area contributed by atoms with E-state index >= 15 is 0 Å². The first kappa shape index (κ1) is 31.4. The number of allylic oxidation sites excluding steroid dienone is 8. The summed E-state index contributed by atoms with van der Waals surface area (Å²) in [5, 5.41) is 59.9. The SMILES string of the molecule is N#CC(C#N)=C1C(c2ccc(OC(F)(F)F)cc2)=C(C#N)c2cc3c(cc21)C(C#N)=C(c1ccc(C(F)(F)F)cc1)C3=C(C#N)C#N. The number of hydrogen-bond donors (Lipinski definition) is 0. The minimum atomic E-state index is -4.98. The lowest BCUT2D eigenvalue weighted by molar-refractivity contribution is -0.274. The molecule has 2 aliphatic rings. The average Bonchev–Trinajstić information content (AvgIpc) is 3.52. The number of halogens is 6. The molecule has 0 radical (unpaired) electrons. The quantitative estimate of drug-likeness (QED) is 0.209. The molecule has 3 aromatic carbocycles. The van der Waals surface area contributed by atoms with Crippen LogP contribution in [0.5, 0.6) is 5.75 Å². The van der Waals surface area contributed by atoms with E-state index in [2.05, 4.69) is 4.74 Å². The van der Waals surface area contributed by atoms with Gasteiger partial charge in [0.15, 0.2) is 0 Å². The highest BCUT2D eigenvalue weighted by Crippen LogP contribution is 2.54. The summed E-state index contributed by atoms with van der Waals surface area (Å²) < 4.78 is 82.0. The summed E-state index contributed by atoms with van der Waals surface area (Å²) in [6, 6.07) is 21.7. The Balaban J connectivity index is 1.81. The monoisotopic (exact) mass is 632 g/mol. The first-order valence-corrected chi connectivity index (χ1v) is 12.9. The number of ether oxygens (including phenoxy) is 1. The van der Waals surface area contributed by atoms with Crippen molar-refractivity contribution in [2.45, 2.75) is 12.5 Å². The fourth-order valence-corrected chi connectivity index (χ4v) is 5.47. The zero-order valence-electron chi connectivity index (χ0n) is 23.1. The first-order valence-electron chi connectivity index (χ1n) is 12.9. The van der Waals surface area contributed by atoms with Crippen molar-refractivity contribution in [2.75, 3.05) is 0 Å². The fourth-order valence-electron chi connectivity index (χ4n) is 5.47. The highest BCUT2D eigenvalue weighted by molar-refractivity contribution is 6.29. The molecular formula is C34H10F6N6O. The van der Waals surface area contributed by atoms with E-state index in [9.17, 15) is 57.9 Å². The zero-order valence-corrected chi connectivity index (χ0v) is 23.1. The molecule has 13 heteroatoms. The van der Waals surface area contributed by atoms with Crippen LogP contribution >= 0.6 is 0 Å².